The molecule has 108 valence electrons. The van der Waals surface area contributed by atoms with E-state index >= 15 is 0 Å². The molecule has 3 N–H and O–H groups in total. The van der Waals surface area contributed by atoms with Crippen molar-refractivity contribution in [1.29, 1.82) is 0 Å². The maximum Gasteiger partial charge on any atom is 0.240 e. The van der Waals surface area contributed by atoms with Gasteiger partial charge in [-0.15, -0.1) is 0 Å². The van der Waals surface area contributed by atoms with Gasteiger partial charge in [-0.3, -0.25) is 5.84 Å². The molecule has 0 saturated heterocycles. The standard InChI is InChI=1S/C13H18N4O3/c1-7-5-9(8(2)20-7)11(17-14)12-13(19-4)16-10(18-3)6-15-12/h5-6,11,17H,14H2,1-4H3. The first kappa shape index (κ1) is 14.3. The molecule has 2 aromatic rings. The van der Waals surface area contributed by atoms with Crippen LogP contribution in [0.2, 0.25) is 0 Å². The number of nitrogens with one attached hydrogen (secondary N) is 1. The van der Waals surface area contributed by atoms with E-state index in [0.717, 1.165) is 17.1 Å². The predicted octanol–water partition coefficient (Wildman–Crippen LogP) is 1.26. The molecule has 20 heavy (non-hydrogen) atoms. The number of methoxy groups -OCH3 is 2. The molecule has 0 fully saturated rings. The van der Waals surface area contributed by atoms with Gasteiger partial charge in [0.25, 0.3) is 0 Å². The number of ether oxygens (including phenoxy) is 2. The average Bonchev–Trinajstić information content (AvgIpc) is 2.79. The highest BCUT2D eigenvalue weighted by Crippen LogP contribution is 2.30. The van der Waals surface area contributed by atoms with Gasteiger partial charge in [0.15, 0.2) is 0 Å². The summed E-state index contributed by atoms with van der Waals surface area (Å²) in [5.41, 5.74) is 4.18. The third-order valence-corrected chi connectivity index (χ3v) is 2.98. The lowest BCUT2D eigenvalue weighted by molar-refractivity contribution is 0.352. The molecule has 0 saturated carbocycles. The van der Waals surface area contributed by atoms with Crippen LogP contribution >= 0.6 is 0 Å². The third-order valence-electron chi connectivity index (χ3n) is 2.98. The normalized spacial score (nSPS) is 12.2. The summed E-state index contributed by atoms with van der Waals surface area (Å²) in [4.78, 5) is 8.53. The van der Waals surface area contributed by atoms with Crippen LogP contribution in [-0.4, -0.2) is 24.2 Å². The van der Waals surface area contributed by atoms with Crippen LogP contribution in [0.4, 0.5) is 0 Å². The second-order valence-electron chi connectivity index (χ2n) is 4.28. The van der Waals surface area contributed by atoms with Crippen molar-refractivity contribution in [3.63, 3.8) is 0 Å². The molecule has 2 rings (SSSR count). The second-order valence-corrected chi connectivity index (χ2v) is 4.28. The van der Waals surface area contributed by atoms with E-state index < -0.39 is 0 Å². The molecule has 0 aliphatic heterocycles. The Morgan fingerprint density at radius 2 is 2.05 bits per heavy atom. The summed E-state index contributed by atoms with van der Waals surface area (Å²) in [6, 6.07) is 1.53. The number of nitrogens with zero attached hydrogens (tertiary/aromatic N) is 2. The van der Waals surface area contributed by atoms with Crippen LogP contribution in [0.3, 0.4) is 0 Å². The van der Waals surface area contributed by atoms with Crippen LogP contribution < -0.4 is 20.7 Å². The lowest BCUT2D eigenvalue weighted by atomic mass is 10.0. The Morgan fingerprint density at radius 3 is 2.55 bits per heavy atom. The summed E-state index contributed by atoms with van der Waals surface area (Å²) < 4.78 is 15.8. The molecule has 0 aliphatic carbocycles. The van der Waals surface area contributed by atoms with E-state index in [1.165, 1.54) is 20.4 Å². The fraction of sp³-hybridized carbons (Fsp3) is 0.385. The monoisotopic (exact) mass is 278 g/mol. The molecule has 7 nitrogen and oxygen atoms in total. The SMILES string of the molecule is COc1cnc(C(NN)c2cc(C)oc2C)c(OC)n1. The minimum atomic E-state index is -0.374. The largest absolute Gasteiger partial charge is 0.480 e. The van der Waals surface area contributed by atoms with Crippen molar-refractivity contribution in [2.45, 2.75) is 19.9 Å². The van der Waals surface area contributed by atoms with Gasteiger partial charge >= 0.3 is 0 Å². The van der Waals surface area contributed by atoms with E-state index in [-0.39, 0.29) is 6.04 Å². The van der Waals surface area contributed by atoms with Crippen LogP contribution in [0, 0.1) is 13.8 Å². The first-order valence-corrected chi connectivity index (χ1v) is 6.08. The fourth-order valence-corrected chi connectivity index (χ4v) is 2.07. The van der Waals surface area contributed by atoms with E-state index in [9.17, 15) is 0 Å². The maximum absolute atomic E-state index is 5.66. The van der Waals surface area contributed by atoms with Crippen LogP contribution in [0.15, 0.2) is 16.7 Å². The van der Waals surface area contributed by atoms with Crippen molar-refractivity contribution in [2.75, 3.05) is 14.2 Å². The molecule has 7 heteroatoms. The Labute approximate surface area is 117 Å². The number of hydrazine groups is 1. The van der Waals surface area contributed by atoms with Gasteiger partial charge in [-0.1, -0.05) is 0 Å². The lowest BCUT2D eigenvalue weighted by Gasteiger charge is -2.17. The van der Waals surface area contributed by atoms with Crippen LogP contribution in [0.25, 0.3) is 0 Å². The quantitative estimate of drug-likeness (QED) is 0.627. The topological polar surface area (TPSA) is 95.4 Å². The summed E-state index contributed by atoms with van der Waals surface area (Å²) in [6.07, 6.45) is 1.52. The Kier molecular flexibility index (Phi) is 4.21. The van der Waals surface area contributed by atoms with E-state index in [1.54, 1.807) is 0 Å². The van der Waals surface area contributed by atoms with Gasteiger partial charge in [0.1, 0.15) is 17.2 Å². The first-order chi connectivity index (χ1) is 9.60. The van der Waals surface area contributed by atoms with Gasteiger partial charge < -0.3 is 13.9 Å². The molecule has 0 aromatic carbocycles. The average molecular weight is 278 g/mol. The van der Waals surface area contributed by atoms with E-state index in [2.05, 4.69) is 15.4 Å². The molecule has 2 heterocycles. The molecule has 2 aromatic heterocycles. The lowest BCUT2D eigenvalue weighted by Crippen LogP contribution is -2.30. The van der Waals surface area contributed by atoms with Crippen LogP contribution in [0.1, 0.15) is 28.8 Å². The zero-order chi connectivity index (χ0) is 14.7. The number of aryl methyl sites for hydroxylation is 2. The molecule has 0 aliphatic rings. The van der Waals surface area contributed by atoms with E-state index in [0.29, 0.717) is 17.5 Å². The van der Waals surface area contributed by atoms with Crippen molar-refractivity contribution in [3.05, 3.63) is 35.0 Å². The Hall–Kier alpha value is -2.12. The van der Waals surface area contributed by atoms with Crippen molar-refractivity contribution in [3.8, 4) is 11.8 Å². The van der Waals surface area contributed by atoms with Gasteiger partial charge in [0.2, 0.25) is 11.8 Å². The van der Waals surface area contributed by atoms with Crippen molar-refractivity contribution in [1.82, 2.24) is 15.4 Å². The van der Waals surface area contributed by atoms with Gasteiger partial charge in [0.05, 0.1) is 26.5 Å². The summed E-state index contributed by atoms with van der Waals surface area (Å²) >= 11 is 0. The maximum atomic E-state index is 5.66. The Balaban J connectivity index is 2.49. The minimum Gasteiger partial charge on any atom is -0.480 e. The minimum absolute atomic E-state index is 0.352. The number of hydrogen-bond donors (Lipinski definition) is 2. The molecule has 1 unspecified atom stereocenters. The van der Waals surface area contributed by atoms with Crippen molar-refractivity contribution < 1.29 is 13.9 Å². The number of hydrogen-bond acceptors (Lipinski definition) is 7. The highest BCUT2D eigenvalue weighted by atomic mass is 16.5. The Morgan fingerprint density at radius 1 is 1.30 bits per heavy atom. The predicted molar refractivity (Wildman–Crippen MR) is 72.5 cm³/mol. The zero-order valence-electron chi connectivity index (χ0n) is 11.9. The first-order valence-electron chi connectivity index (χ1n) is 6.08. The molecule has 0 spiro atoms. The van der Waals surface area contributed by atoms with Gasteiger partial charge in [-0.25, -0.2) is 10.4 Å². The van der Waals surface area contributed by atoms with Gasteiger partial charge in [-0.05, 0) is 19.9 Å². The highest BCUT2D eigenvalue weighted by molar-refractivity contribution is 5.36. The molecule has 0 amide bonds. The second kappa shape index (κ2) is 5.89. The summed E-state index contributed by atoms with van der Waals surface area (Å²) in [5, 5.41) is 0. The third kappa shape index (κ3) is 2.59. The van der Waals surface area contributed by atoms with Crippen molar-refractivity contribution >= 4 is 0 Å². The number of aromatic nitrogens is 2. The molecular formula is C13H18N4O3. The van der Waals surface area contributed by atoms with Gasteiger partial charge in [-0.2, -0.15) is 4.98 Å². The Bertz CT molecular complexity index is 597. The molecule has 0 radical (unpaired) electrons. The molecular weight excluding hydrogens is 260 g/mol. The summed E-state index contributed by atoms with van der Waals surface area (Å²) in [5.74, 6) is 7.96. The van der Waals surface area contributed by atoms with E-state index in [1.807, 2.05) is 19.9 Å². The molecule has 0 bridgehead atoms. The smallest absolute Gasteiger partial charge is 0.240 e. The zero-order valence-corrected chi connectivity index (χ0v) is 11.9. The van der Waals surface area contributed by atoms with Crippen LogP contribution in [-0.2, 0) is 0 Å². The number of nitrogens with two attached hydrogens (primary N) is 1. The number of rotatable bonds is 5. The van der Waals surface area contributed by atoms with E-state index in [4.69, 9.17) is 19.7 Å². The highest BCUT2D eigenvalue weighted by Gasteiger charge is 2.24. The number of furan rings is 1. The summed E-state index contributed by atoms with van der Waals surface area (Å²) in [6.45, 7) is 3.75. The van der Waals surface area contributed by atoms with Crippen molar-refractivity contribution in [2.24, 2.45) is 5.84 Å². The summed E-state index contributed by atoms with van der Waals surface area (Å²) in [7, 11) is 3.04. The van der Waals surface area contributed by atoms with Gasteiger partial charge in [0, 0.05) is 5.56 Å². The fourth-order valence-electron chi connectivity index (χ4n) is 2.07. The van der Waals surface area contributed by atoms with Crippen LogP contribution in [0.5, 0.6) is 11.8 Å². The molecule has 1 atom stereocenters.